The smallest absolute Gasteiger partial charge is 0.395 e. The highest BCUT2D eigenvalue weighted by atomic mass is 19.4. The molecule has 0 fully saturated rings. The monoisotopic (exact) mass is 400 g/mol. The number of nitrogens with zero attached hydrogens (tertiary/aromatic N) is 2. The SMILES string of the molecule is O=[N+]([O-])C(F)(Oc1cccc(OC(F)([N+](=O)[O-])C(F)(F)F)c1)C(F)(F)F. The molecule has 26 heavy (non-hydrogen) atoms. The molecule has 0 saturated carbocycles. The average Bonchev–Trinajstić information content (AvgIpc) is 2.44. The largest absolute Gasteiger partial charge is 0.618 e. The molecule has 0 radical (unpaired) electrons. The molecule has 2 unspecified atom stereocenters. The van der Waals surface area contributed by atoms with Gasteiger partial charge in [0.25, 0.3) is 0 Å². The molecule has 2 atom stereocenters. The zero-order chi connectivity index (χ0) is 20.6. The minimum atomic E-state index is -6.20. The van der Waals surface area contributed by atoms with Crippen LogP contribution in [0.1, 0.15) is 0 Å². The number of halogens is 8. The van der Waals surface area contributed by atoms with E-state index in [9.17, 15) is 55.4 Å². The van der Waals surface area contributed by atoms with Gasteiger partial charge in [0.15, 0.2) is 0 Å². The summed E-state index contributed by atoms with van der Waals surface area (Å²) >= 11 is 0. The molecule has 146 valence electrons. The zero-order valence-electron chi connectivity index (χ0n) is 11.7. The van der Waals surface area contributed by atoms with E-state index < -0.39 is 45.7 Å². The average molecular weight is 400 g/mol. The van der Waals surface area contributed by atoms with E-state index in [-0.39, 0.29) is 6.07 Å². The molecule has 0 N–H and O–H groups in total. The lowest BCUT2D eigenvalue weighted by Gasteiger charge is -2.21. The van der Waals surface area contributed by atoms with E-state index in [1.165, 1.54) is 0 Å². The highest BCUT2D eigenvalue weighted by molar-refractivity contribution is 5.33. The predicted molar refractivity (Wildman–Crippen MR) is 61.5 cm³/mol. The van der Waals surface area contributed by atoms with Crippen LogP contribution in [0.2, 0.25) is 0 Å². The van der Waals surface area contributed by atoms with Gasteiger partial charge in [0.1, 0.15) is 21.3 Å². The Balaban J connectivity index is 3.24. The van der Waals surface area contributed by atoms with Gasteiger partial charge in [0.2, 0.25) is 0 Å². The molecule has 1 aromatic carbocycles. The number of hydrogen-bond acceptors (Lipinski definition) is 6. The summed E-state index contributed by atoms with van der Waals surface area (Å²) in [5, 5.41) is 20.5. The lowest BCUT2D eigenvalue weighted by atomic mass is 10.3. The minimum absolute atomic E-state index is 0.0485. The molecular formula is C10H4F8N2O6. The van der Waals surface area contributed by atoms with Crippen LogP contribution in [-0.2, 0) is 0 Å². The fraction of sp³-hybridized carbons (Fsp3) is 0.400. The number of hydrogen-bond donors (Lipinski definition) is 0. The van der Waals surface area contributed by atoms with Crippen LogP contribution in [0.4, 0.5) is 35.1 Å². The Kier molecular flexibility index (Phi) is 5.21. The normalized spacial score (nSPS) is 16.9. The molecule has 0 amide bonds. The summed E-state index contributed by atoms with van der Waals surface area (Å²) < 4.78 is 108. The standard InChI is InChI=1S/C10H4F8N2O6/c11-7(12,13)9(17,19(21)22)25-5-2-1-3-6(4-5)26-10(18,20(23)24)8(14,15)16/h1-4H. The van der Waals surface area contributed by atoms with Crippen molar-refractivity contribution in [3.8, 4) is 11.5 Å². The van der Waals surface area contributed by atoms with Crippen molar-refractivity contribution in [1.82, 2.24) is 0 Å². The Morgan fingerprint density at radius 2 is 1.04 bits per heavy atom. The molecule has 1 aromatic rings. The third kappa shape index (κ3) is 3.83. The van der Waals surface area contributed by atoms with E-state index in [4.69, 9.17) is 0 Å². The van der Waals surface area contributed by atoms with Crippen molar-refractivity contribution in [1.29, 1.82) is 0 Å². The first-order chi connectivity index (χ1) is 11.5. The van der Waals surface area contributed by atoms with Gasteiger partial charge in [0.05, 0.1) is 0 Å². The van der Waals surface area contributed by atoms with Crippen LogP contribution in [0.3, 0.4) is 0 Å². The van der Waals surface area contributed by atoms with Crippen molar-refractivity contribution in [2.24, 2.45) is 0 Å². The van der Waals surface area contributed by atoms with Gasteiger partial charge >= 0.3 is 24.3 Å². The van der Waals surface area contributed by atoms with Crippen LogP contribution < -0.4 is 9.47 Å². The predicted octanol–water partition coefficient (Wildman–Crippen LogP) is 3.37. The molecule has 0 saturated heterocycles. The Morgan fingerprint density at radius 3 is 1.27 bits per heavy atom. The molecule has 0 aromatic heterocycles. The Bertz CT molecular complexity index is 654. The maximum Gasteiger partial charge on any atom is 0.618 e. The van der Waals surface area contributed by atoms with Crippen molar-refractivity contribution in [2.45, 2.75) is 24.3 Å². The summed E-state index contributed by atoms with van der Waals surface area (Å²) in [4.78, 5) is 15.5. The zero-order valence-corrected chi connectivity index (χ0v) is 11.7. The van der Waals surface area contributed by atoms with Crippen LogP contribution in [0.5, 0.6) is 11.5 Å². The summed E-state index contributed by atoms with van der Waals surface area (Å²) in [6, 6.07) is 1.29. The number of ether oxygens (including phenoxy) is 2. The van der Waals surface area contributed by atoms with E-state index in [0.29, 0.717) is 18.2 Å². The minimum Gasteiger partial charge on any atom is -0.395 e. The van der Waals surface area contributed by atoms with Gasteiger partial charge in [-0.3, -0.25) is 20.2 Å². The van der Waals surface area contributed by atoms with E-state index in [0.717, 1.165) is 0 Å². The first-order valence-corrected chi connectivity index (χ1v) is 5.83. The maximum atomic E-state index is 13.4. The second-order valence-corrected chi connectivity index (χ2v) is 4.31. The Morgan fingerprint density at radius 1 is 0.731 bits per heavy atom. The Labute approximate surface area is 136 Å². The van der Waals surface area contributed by atoms with Gasteiger partial charge in [-0.2, -0.15) is 26.3 Å². The van der Waals surface area contributed by atoms with Crippen molar-refractivity contribution in [3.05, 3.63) is 44.5 Å². The molecule has 1 rings (SSSR count). The van der Waals surface area contributed by atoms with Crippen LogP contribution in [-0.4, -0.2) is 34.2 Å². The molecule has 0 heterocycles. The third-order valence-electron chi connectivity index (χ3n) is 2.48. The van der Waals surface area contributed by atoms with Crippen LogP contribution in [0.25, 0.3) is 0 Å². The second kappa shape index (κ2) is 6.41. The number of benzene rings is 1. The lowest BCUT2D eigenvalue weighted by Crippen LogP contribution is -2.53. The summed E-state index contributed by atoms with van der Waals surface area (Å²) in [7, 11) is 0. The van der Waals surface area contributed by atoms with Crippen molar-refractivity contribution >= 4 is 0 Å². The van der Waals surface area contributed by atoms with Gasteiger partial charge in [0, 0.05) is 6.07 Å². The summed E-state index contributed by atoms with van der Waals surface area (Å²) in [5.74, 6) is -13.8. The first kappa shape index (κ1) is 21.1. The third-order valence-corrected chi connectivity index (χ3v) is 2.48. The van der Waals surface area contributed by atoms with Gasteiger partial charge in [-0.15, -0.1) is 8.78 Å². The number of rotatable bonds is 6. The van der Waals surface area contributed by atoms with Gasteiger partial charge in [-0.25, -0.2) is 0 Å². The van der Waals surface area contributed by atoms with Crippen molar-refractivity contribution in [3.63, 3.8) is 0 Å². The summed E-state index contributed by atoms with van der Waals surface area (Å²) in [5.41, 5.74) is 0. The van der Waals surface area contributed by atoms with Crippen LogP contribution in [0, 0.1) is 20.2 Å². The fourth-order valence-corrected chi connectivity index (χ4v) is 1.31. The number of nitro groups is 2. The van der Waals surface area contributed by atoms with Crippen molar-refractivity contribution in [2.75, 3.05) is 0 Å². The molecule has 0 aliphatic heterocycles. The maximum absolute atomic E-state index is 13.4. The fourth-order valence-electron chi connectivity index (χ4n) is 1.31. The molecule has 0 aliphatic rings. The van der Waals surface area contributed by atoms with E-state index >= 15 is 0 Å². The molecular weight excluding hydrogens is 396 g/mol. The van der Waals surface area contributed by atoms with E-state index in [2.05, 4.69) is 9.47 Å². The van der Waals surface area contributed by atoms with Crippen molar-refractivity contribution < 1.29 is 54.4 Å². The van der Waals surface area contributed by atoms with Gasteiger partial charge in [-0.05, 0) is 12.1 Å². The molecule has 8 nitrogen and oxygen atoms in total. The molecule has 0 bridgehead atoms. The highest BCUT2D eigenvalue weighted by Gasteiger charge is 2.73. The second-order valence-electron chi connectivity index (χ2n) is 4.31. The topological polar surface area (TPSA) is 105 Å². The molecule has 0 aliphatic carbocycles. The lowest BCUT2D eigenvalue weighted by molar-refractivity contribution is -0.697. The van der Waals surface area contributed by atoms with Crippen LogP contribution in [0.15, 0.2) is 24.3 Å². The Hall–Kier alpha value is -2.94. The number of alkyl halides is 8. The summed E-state index contributed by atoms with van der Waals surface area (Å²) in [6.45, 7) is 0. The summed E-state index contributed by atoms with van der Waals surface area (Å²) in [6.07, 6.45) is -12.4. The first-order valence-electron chi connectivity index (χ1n) is 5.83. The van der Waals surface area contributed by atoms with E-state index in [1.807, 2.05) is 0 Å². The molecule has 16 heteroatoms. The van der Waals surface area contributed by atoms with E-state index in [1.54, 1.807) is 0 Å². The highest BCUT2D eigenvalue weighted by Crippen LogP contribution is 2.39. The molecule has 0 spiro atoms. The van der Waals surface area contributed by atoms with Gasteiger partial charge in [-0.1, -0.05) is 6.07 Å². The van der Waals surface area contributed by atoms with Crippen LogP contribution >= 0.6 is 0 Å². The van der Waals surface area contributed by atoms with Gasteiger partial charge < -0.3 is 9.47 Å². The quantitative estimate of drug-likeness (QED) is 0.238.